The molecule has 1 aromatic rings. The zero-order valence-corrected chi connectivity index (χ0v) is 11.4. The highest BCUT2D eigenvalue weighted by molar-refractivity contribution is 5.94. The van der Waals surface area contributed by atoms with Gasteiger partial charge in [0.05, 0.1) is 6.10 Å². The molecule has 1 aliphatic rings. The Morgan fingerprint density at radius 3 is 2.63 bits per heavy atom. The Labute approximate surface area is 114 Å². The molecular formula is C15H22N2O2. The number of hydrogen-bond donors (Lipinski definition) is 3. The number of nitrogens with one attached hydrogen (secondary N) is 2. The Hall–Kier alpha value is -1.39. The molecule has 1 aromatic carbocycles. The summed E-state index contributed by atoms with van der Waals surface area (Å²) in [4.78, 5) is 11.8. The van der Waals surface area contributed by atoms with Crippen molar-refractivity contribution in [3.05, 3.63) is 35.4 Å². The van der Waals surface area contributed by atoms with Crippen molar-refractivity contribution in [1.29, 1.82) is 0 Å². The standard InChI is InChI=1S/C15H22N2O2/c1-11-5-7-12(8-6-11)15(19)17-10-9-16-13-3-2-4-14(13)18/h5-8,13-14,16,18H,2-4,9-10H2,1H3,(H,17,19). The number of aliphatic hydroxyl groups is 1. The first-order valence-corrected chi connectivity index (χ1v) is 6.93. The van der Waals surface area contributed by atoms with Gasteiger partial charge in [0.1, 0.15) is 0 Å². The second-order valence-electron chi connectivity index (χ2n) is 5.18. The molecule has 0 aromatic heterocycles. The first kappa shape index (κ1) is 14.0. The van der Waals surface area contributed by atoms with Crippen LogP contribution in [0, 0.1) is 6.92 Å². The van der Waals surface area contributed by atoms with E-state index in [4.69, 9.17) is 0 Å². The quantitative estimate of drug-likeness (QED) is 0.699. The lowest BCUT2D eigenvalue weighted by molar-refractivity contribution is 0.0952. The fourth-order valence-corrected chi connectivity index (χ4v) is 2.42. The maximum atomic E-state index is 11.8. The lowest BCUT2D eigenvalue weighted by Gasteiger charge is -2.16. The van der Waals surface area contributed by atoms with Gasteiger partial charge >= 0.3 is 0 Å². The predicted molar refractivity (Wildman–Crippen MR) is 75.2 cm³/mol. The summed E-state index contributed by atoms with van der Waals surface area (Å²) in [6.07, 6.45) is 2.75. The molecule has 2 unspecified atom stereocenters. The fraction of sp³-hybridized carbons (Fsp3) is 0.533. The molecule has 2 rings (SSSR count). The zero-order valence-electron chi connectivity index (χ0n) is 11.4. The summed E-state index contributed by atoms with van der Waals surface area (Å²) in [7, 11) is 0. The van der Waals surface area contributed by atoms with Crippen LogP contribution in [-0.4, -0.2) is 36.2 Å². The number of benzene rings is 1. The average Bonchev–Trinajstić information content (AvgIpc) is 2.81. The molecule has 4 nitrogen and oxygen atoms in total. The lowest BCUT2D eigenvalue weighted by Crippen LogP contribution is -2.40. The van der Waals surface area contributed by atoms with E-state index in [1.165, 1.54) is 0 Å². The molecule has 0 radical (unpaired) electrons. The number of carbonyl (C=O) groups is 1. The summed E-state index contributed by atoms with van der Waals surface area (Å²) in [5.41, 5.74) is 1.83. The summed E-state index contributed by atoms with van der Waals surface area (Å²) in [5, 5.41) is 15.8. The van der Waals surface area contributed by atoms with E-state index in [1.807, 2.05) is 31.2 Å². The van der Waals surface area contributed by atoms with E-state index < -0.39 is 0 Å². The Bertz CT molecular complexity index is 417. The number of hydrogen-bond acceptors (Lipinski definition) is 3. The highest BCUT2D eigenvalue weighted by atomic mass is 16.3. The third kappa shape index (κ3) is 4.04. The first-order valence-electron chi connectivity index (χ1n) is 6.93. The van der Waals surface area contributed by atoms with Crippen LogP contribution in [0.1, 0.15) is 35.2 Å². The van der Waals surface area contributed by atoms with Crippen LogP contribution in [0.25, 0.3) is 0 Å². The van der Waals surface area contributed by atoms with Crippen molar-refractivity contribution in [2.24, 2.45) is 0 Å². The van der Waals surface area contributed by atoms with Crippen LogP contribution in [-0.2, 0) is 0 Å². The van der Waals surface area contributed by atoms with Crippen molar-refractivity contribution >= 4 is 5.91 Å². The van der Waals surface area contributed by atoms with E-state index in [0.717, 1.165) is 24.8 Å². The Morgan fingerprint density at radius 2 is 2.00 bits per heavy atom. The van der Waals surface area contributed by atoms with E-state index in [2.05, 4.69) is 10.6 Å². The Morgan fingerprint density at radius 1 is 1.26 bits per heavy atom. The largest absolute Gasteiger partial charge is 0.392 e. The number of carbonyl (C=O) groups excluding carboxylic acids is 1. The van der Waals surface area contributed by atoms with Crippen molar-refractivity contribution in [3.63, 3.8) is 0 Å². The summed E-state index contributed by atoms with van der Waals surface area (Å²) in [6, 6.07) is 7.72. The van der Waals surface area contributed by atoms with Crippen LogP contribution in [0.3, 0.4) is 0 Å². The van der Waals surface area contributed by atoms with Crippen LogP contribution in [0.5, 0.6) is 0 Å². The zero-order chi connectivity index (χ0) is 13.7. The number of aryl methyl sites for hydroxylation is 1. The maximum absolute atomic E-state index is 11.8. The van der Waals surface area contributed by atoms with Crippen LogP contribution in [0.2, 0.25) is 0 Å². The van der Waals surface area contributed by atoms with Gasteiger partial charge in [0.2, 0.25) is 0 Å². The molecule has 1 amide bonds. The predicted octanol–water partition coefficient (Wildman–Crippen LogP) is 1.23. The van der Waals surface area contributed by atoms with Gasteiger partial charge in [-0.1, -0.05) is 17.7 Å². The first-order chi connectivity index (χ1) is 9.16. The highest BCUT2D eigenvalue weighted by Crippen LogP contribution is 2.18. The van der Waals surface area contributed by atoms with Crippen molar-refractivity contribution in [2.45, 2.75) is 38.3 Å². The van der Waals surface area contributed by atoms with E-state index in [-0.39, 0.29) is 18.1 Å². The Kier molecular flexibility index (Phi) is 4.93. The lowest BCUT2D eigenvalue weighted by atomic mass is 10.1. The third-order valence-corrected chi connectivity index (χ3v) is 3.61. The molecule has 2 atom stereocenters. The molecule has 3 N–H and O–H groups in total. The van der Waals surface area contributed by atoms with Crippen molar-refractivity contribution in [3.8, 4) is 0 Å². The van der Waals surface area contributed by atoms with Gasteiger partial charge < -0.3 is 15.7 Å². The number of amides is 1. The molecule has 1 fully saturated rings. The van der Waals surface area contributed by atoms with Gasteiger partial charge in [0.15, 0.2) is 0 Å². The normalized spacial score (nSPS) is 22.4. The summed E-state index contributed by atoms with van der Waals surface area (Å²) >= 11 is 0. The van der Waals surface area contributed by atoms with Gasteiger partial charge in [-0.25, -0.2) is 0 Å². The second kappa shape index (κ2) is 6.68. The van der Waals surface area contributed by atoms with Gasteiger partial charge in [0.25, 0.3) is 5.91 Å². The average molecular weight is 262 g/mol. The van der Waals surface area contributed by atoms with Gasteiger partial charge in [-0.2, -0.15) is 0 Å². The summed E-state index contributed by atoms with van der Waals surface area (Å²) in [5.74, 6) is -0.0474. The molecule has 4 heteroatoms. The molecule has 19 heavy (non-hydrogen) atoms. The van der Waals surface area contributed by atoms with Crippen LogP contribution < -0.4 is 10.6 Å². The van der Waals surface area contributed by atoms with Crippen LogP contribution in [0.15, 0.2) is 24.3 Å². The molecule has 1 aliphatic carbocycles. The SMILES string of the molecule is Cc1ccc(C(=O)NCCNC2CCCC2O)cc1. The minimum Gasteiger partial charge on any atom is -0.392 e. The minimum atomic E-state index is -0.229. The number of rotatable bonds is 5. The molecule has 0 aliphatic heterocycles. The van der Waals surface area contributed by atoms with E-state index in [0.29, 0.717) is 18.7 Å². The smallest absolute Gasteiger partial charge is 0.251 e. The third-order valence-electron chi connectivity index (χ3n) is 3.61. The van der Waals surface area contributed by atoms with E-state index >= 15 is 0 Å². The summed E-state index contributed by atoms with van der Waals surface area (Å²) in [6.45, 7) is 3.27. The monoisotopic (exact) mass is 262 g/mol. The topological polar surface area (TPSA) is 61.4 Å². The van der Waals surface area contributed by atoms with Crippen molar-refractivity contribution < 1.29 is 9.90 Å². The molecule has 0 bridgehead atoms. The van der Waals surface area contributed by atoms with Crippen LogP contribution in [0.4, 0.5) is 0 Å². The van der Waals surface area contributed by atoms with Crippen molar-refractivity contribution in [2.75, 3.05) is 13.1 Å². The summed E-state index contributed by atoms with van der Waals surface area (Å²) < 4.78 is 0. The van der Waals surface area contributed by atoms with Crippen molar-refractivity contribution in [1.82, 2.24) is 10.6 Å². The molecular weight excluding hydrogens is 240 g/mol. The van der Waals surface area contributed by atoms with Gasteiger partial charge in [-0.05, 0) is 38.3 Å². The molecule has 0 spiro atoms. The minimum absolute atomic E-state index is 0.0474. The van der Waals surface area contributed by atoms with Crippen LogP contribution >= 0.6 is 0 Å². The van der Waals surface area contributed by atoms with E-state index in [1.54, 1.807) is 0 Å². The molecule has 1 saturated carbocycles. The maximum Gasteiger partial charge on any atom is 0.251 e. The molecule has 0 saturated heterocycles. The second-order valence-corrected chi connectivity index (χ2v) is 5.18. The Balaban J connectivity index is 1.68. The van der Waals surface area contributed by atoms with E-state index in [9.17, 15) is 9.90 Å². The van der Waals surface area contributed by atoms with Gasteiger partial charge in [-0.15, -0.1) is 0 Å². The fourth-order valence-electron chi connectivity index (χ4n) is 2.42. The van der Waals surface area contributed by atoms with Gasteiger partial charge in [-0.3, -0.25) is 4.79 Å². The molecule has 0 heterocycles. The highest BCUT2D eigenvalue weighted by Gasteiger charge is 2.23. The number of aliphatic hydroxyl groups excluding tert-OH is 1. The van der Waals surface area contributed by atoms with Gasteiger partial charge in [0, 0.05) is 24.7 Å². The molecule has 104 valence electrons.